The number of nitrogens with zero attached hydrogens (tertiary/aromatic N) is 6. The fraction of sp³-hybridized carbons (Fsp3) is 0.455. The summed E-state index contributed by atoms with van der Waals surface area (Å²) in [6.45, 7) is 7.28. The number of nitrogen functional groups attached to an aromatic ring is 1. The molecule has 3 heterocycles. The van der Waals surface area contributed by atoms with E-state index in [1.807, 2.05) is 0 Å². The molecule has 2 amide bonds. The van der Waals surface area contributed by atoms with Crippen molar-refractivity contribution in [2.45, 2.75) is 45.9 Å². The Balaban J connectivity index is 1.70. The van der Waals surface area contributed by atoms with Crippen molar-refractivity contribution < 1.29 is 19.1 Å². The summed E-state index contributed by atoms with van der Waals surface area (Å²) in [7, 11) is 3.01. The number of carbonyl (C=O) groups excluding carboxylic acids is 2. The van der Waals surface area contributed by atoms with Crippen molar-refractivity contribution in [3.05, 3.63) is 45.1 Å². The van der Waals surface area contributed by atoms with Gasteiger partial charge in [-0.3, -0.25) is 14.5 Å². The van der Waals surface area contributed by atoms with Crippen LogP contribution in [0.3, 0.4) is 0 Å². The Kier molecular flexibility index (Phi) is 7.84. The third-order valence-electron chi connectivity index (χ3n) is 4.81. The lowest BCUT2D eigenvalue weighted by Crippen LogP contribution is -2.36. The van der Waals surface area contributed by atoms with E-state index >= 15 is 0 Å². The monoisotopic (exact) mass is 520 g/mol. The number of halogens is 1. The van der Waals surface area contributed by atoms with Crippen molar-refractivity contribution in [1.82, 2.24) is 29.7 Å². The number of anilines is 2. The predicted octanol–water partition coefficient (Wildman–Crippen LogP) is 1.76. The maximum Gasteiger partial charge on any atom is 0.415 e. The molecule has 1 unspecified atom stereocenters. The molecule has 1 atom stereocenters. The molecule has 0 saturated heterocycles. The van der Waals surface area contributed by atoms with Gasteiger partial charge in [0.15, 0.2) is 5.65 Å². The minimum Gasteiger partial charge on any atom is -0.443 e. The molecule has 3 aromatic heterocycles. The lowest BCUT2D eigenvalue weighted by atomic mass is 10.2. The quantitative estimate of drug-likeness (QED) is 0.442. The molecule has 36 heavy (non-hydrogen) atoms. The molecule has 0 bridgehead atoms. The zero-order valence-electron chi connectivity index (χ0n) is 20.9. The van der Waals surface area contributed by atoms with E-state index in [4.69, 9.17) is 26.8 Å². The molecule has 0 radical (unpaired) electrons. The van der Waals surface area contributed by atoms with E-state index in [9.17, 15) is 14.4 Å². The number of hydrogen-bond donors (Lipinski definition) is 2. The Morgan fingerprint density at radius 3 is 2.64 bits per heavy atom. The second-order valence-electron chi connectivity index (χ2n) is 9.18. The van der Waals surface area contributed by atoms with Gasteiger partial charge in [0.05, 0.1) is 25.1 Å². The maximum absolute atomic E-state index is 12.9. The largest absolute Gasteiger partial charge is 0.443 e. The van der Waals surface area contributed by atoms with Crippen LogP contribution in [0.4, 0.5) is 16.3 Å². The average molecular weight is 521 g/mol. The van der Waals surface area contributed by atoms with Crippen molar-refractivity contribution in [2.75, 3.05) is 24.3 Å². The Bertz CT molecular complexity index is 1320. The first kappa shape index (κ1) is 26.9. The molecule has 0 spiro atoms. The lowest BCUT2D eigenvalue weighted by molar-refractivity contribution is 0.0587. The van der Waals surface area contributed by atoms with Gasteiger partial charge in [-0.2, -0.15) is 14.7 Å². The van der Waals surface area contributed by atoms with Crippen LogP contribution in [0.15, 0.2) is 23.1 Å². The molecule has 194 valence electrons. The highest BCUT2D eigenvalue weighted by atomic mass is 35.5. The van der Waals surface area contributed by atoms with Gasteiger partial charge in [0.1, 0.15) is 27.8 Å². The highest BCUT2D eigenvalue weighted by molar-refractivity contribution is 6.30. The Hall–Kier alpha value is -3.71. The van der Waals surface area contributed by atoms with Crippen LogP contribution in [-0.4, -0.2) is 61.7 Å². The van der Waals surface area contributed by atoms with Gasteiger partial charge in [-0.25, -0.2) is 14.5 Å². The highest BCUT2D eigenvalue weighted by Gasteiger charge is 2.25. The summed E-state index contributed by atoms with van der Waals surface area (Å²) in [5, 5.41) is 11.2. The predicted molar refractivity (Wildman–Crippen MR) is 133 cm³/mol. The first-order valence-electron chi connectivity index (χ1n) is 11.0. The first-order valence-corrected chi connectivity index (χ1v) is 11.4. The third kappa shape index (κ3) is 6.29. The van der Waals surface area contributed by atoms with Crippen LogP contribution in [-0.2, 0) is 23.1 Å². The summed E-state index contributed by atoms with van der Waals surface area (Å²) in [5.74, 6) is -0.176. The molecule has 14 heteroatoms. The van der Waals surface area contributed by atoms with Crippen LogP contribution >= 0.6 is 11.6 Å². The van der Waals surface area contributed by atoms with Crippen molar-refractivity contribution >= 4 is 40.8 Å². The summed E-state index contributed by atoms with van der Waals surface area (Å²) >= 11 is 6.18. The van der Waals surface area contributed by atoms with Crippen LogP contribution in [0.1, 0.15) is 43.7 Å². The summed E-state index contributed by atoms with van der Waals surface area (Å²) in [6.07, 6.45) is 0.721. The number of carbonyl (C=O) groups is 2. The van der Waals surface area contributed by atoms with Gasteiger partial charge in [0.25, 0.3) is 11.5 Å². The van der Waals surface area contributed by atoms with Crippen molar-refractivity contribution in [3.63, 3.8) is 0 Å². The normalized spacial score (nSPS) is 12.4. The standard InChI is InChI=1S/C22H29ClN8O5/c1-12(10-35-11-13-7-15(24)20(33)30(6)28-13)26-19(32)14-9-25-31-17(8-16(23)27-18(14)31)29(5)21(34)36-22(2,3)4/h7-9,12H,10-11,24H2,1-6H3,(H,26,32). The number of nitrogens with two attached hydrogens (primary N) is 1. The second-order valence-corrected chi connectivity index (χ2v) is 9.57. The minimum atomic E-state index is -0.700. The number of fused-ring (bicyclic) bond motifs is 1. The summed E-state index contributed by atoms with van der Waals surface area (Å²) < 4.78 is 13.5. The van der Waals surface area contributed by atoms with Gasteiger partial charge in [-0.15, -0.1) is 0 Å². The number of ether oxygens (including phenoxy) is 2. The number of hydrogen-bond acceptors (Lipinski definition) is 9. The molecule has 0 aliphatic carbocycles. The zero-order chi connectivity index (χ0) is 26.8. The molecular weight excluding hydrogens is 492 g/mol. The van der Waals surface area contributed by atoms with Gasteiger partial charge >= 0.3 is 6.09 Å². The highest BCUT2D eigenvalue weighted by Crippen LogP contribution is 2.23. The van der Waals surface area contributed by atoms with E-state index in [1.165, 1.54) is 41.8 Å². The van der Waals surface area contributed by atoms with Gasteiger partial charge in [0.2, 0.25) is 0 Å². The van der Waals surface area contributed by atoms with E-state index in [2.05, 4.69) is 20.5 Å². The van der Waals surface area contributed by atoms with E-state index in [1.54, 1.807) is 27.7 Å². The van der Waals surface area contributed by atoms with Crippen molar-refractivity contribution in [1.29, 1.82) is 0 Å². The van der Waals surface area contributed by atoms with Crippen molar-refractivity contribution in [2.24, 2.45) is 7.05 Å². The molecule has 13 nitrogen and oxygen atoms in total. The van der Waals surface area contributed by atoms with Crippen molar-refractivity contribution in [3.8, 4) is 0 Å². The van der Waals surface area contributed by atoms with E-state index in [0.29, 0.717) is 5.69 Å². The smallest absolute Gasteiger partial charge is 0.415 e. The molecule has 3 rings (SSSR count). The van der Waals surface area contributed by atoms with Gasteiger partial charge in [0, 0.05) is 26.2 Å². The Labute approximate surface area is 212 Å². The van der Waals surface area contributed by atoms with Crippen LogP contribution in [0.2, 0.25) is 5.15 Å². The van der Waals surface area contributed by atoms with E-state index in [-0.39, 0.29) is 52.7 Å². The van der Waals surface area contributed by atoms with Crippen LogP contribution < -0.4 is 21.5 Å². The summed E-state index contributed by atoms with van der Waals surface area (Å²) in [5.41, 5.74) is 5.46. The molecule has 3 aromatic rings. The lowest BCUT2D eigenvalue weighted by Gasteiger charge is -2.24. The molecule has 0 aliphatic rings. The number of nitrogens with one attached hydrogen (secondary N) is 1. The molecule has 0 saturated carbocycles. The van der Waals surface area contributed by atoms with E-state index < -0.39 is 17.6 Å². The molecule has 0 aliphatic heterocycles. The third-order valence-corrected chi connectivity index (χ3v) is 5.01. The molecular formula is C22H29ClN8O5. The van der Waals surface area contributed by atoms with Gasteiger partial charge in [-0.05, 0) is 33.8 Å². The number of aryl methyl sites for hydroxylation is 1. The average Bonchev–Trinajstić information content (AvgIpc) is 3.19. The SMILES string of the molecule is CC(COCc1cc(N)c(=O)n(C)n1)NC(=O)c1cnn2c(N(C)C(=O)OC(C)(C)C)cc(Cl)nc12. The summed E-state index contributed by atoms with van der Waals surface area (Å²) in [4.78, 5) is 42.5. The Morgan fingerprint density at radius 1 is 1.31 bits per heavy atom. The van der Waals surface area contributed by atoms with Gasteiger partial charge in [-0.1, -0.05) is 11.6 Å². The van der Waals surface area contributed by atoms with Crippen LogP contribution in [0.25, 0.3) is 5.65 Å². The van der Waals surface area contributed by atoms with Crippen LogP contribution in [0, 0.1) is 0 Å². The van der Waals surface area contributed by atoms with Gasteiger partial charge < -0.3 is 20.5 Å². The molecule has 0 fully saturated rings. The van der Waals surface area contributed by atoms with E-state index in [0.717, 1.165) is 4.68 Å². The number of amides is 2. The Morgan fingerprint density at radius 2 is 2.00 bits per heavy atom. The maximum atomic E-state index is 12.9. The fourth-order valence-corrected chi connectivity index (χ4v) is 3.37. The molecule has 0 aromatic carbocycles. The topological polar surface area (TPSA) is 159 Å². The first-order chi connectivity index (χ1) is 16.8. The second kappa shape index (κ2) is 10.5. The minimum absolute atomic E-state index is 0.0721. The van der Waals surface area contributed by atoms with Crippen LogP contribution in [0.5, 0.6) is 0 Å². The summed E-state index contributed by atoms with van der Waals surface area (Å²) in [6, 6.07) is 2.51. The molecule has 3 N–H and O–H groups in total. The fourth-order valence-electron chi connectivity index (χ4n) is 3.19. The number of aromatic nitrogens is 5. The number of rotatable bonds is 7. The zero-order valence-corrected chi connectivity index (χ0v) is 21.7.